The summed E-state index contributed by atoms with van der Waals surface area (Å²) in [6.07, 6.45) is 1.79. The van der Waals surface area contributed by atoms with E-state index in [-0.39, 0.29) is 6.04 Å². The Morgan fingerprint density at radius 2 is 2.19 bits per heavy atom. The second-order valence-corrected chi connectivity index (χ2v) is 4.34. The van der Waals surface area contributed by atoms with Gasteiger partial charge in [-0.2, -0.15) is 0 Å². The fraction of sp³-hybridized carbons (Fsp3) is 0.250. The van der Waals surface area contributed by atoms with Gasteiger partial charge in [0.05, 0.1) is 13.2 Å². The Morgan fingerprint density at radius 3 is 2.88 bits per heavy atom. The molecule has 0 spiro atoms. The van der Waals surface area contributed by atoms with E-state index in [1.54, 1.807) is 24.6 Å². The van der Waals surface area contributed by atoms with E-state index >= 15 is 0 Å². The third-order valence-electron chi connectivity index (χ3n) is 2.38. The molecular weight excluding hydrogens is 220 g/mol. The molecule has 1 N–H and O–H groups in total. The lowest BCUT2D eigenvalue weighted by atomic mass is 10.1. The summed E-state index contributed by atoms with van der Waals surface area (Å²) >= 11 is 1.60. The van der Waals surface area contributed by atoms with Crippen LogP contribution >= 0.6 is 11.3 Å². The molecule has 0 saturated heterocycles. The number of nitrogens with one attached hydrogen (secondary N) is 1. The van der Waals surface area contributed by atoms with Gasteiger partial charge in [-0.3, -0.25) is 0 Å². The van der Waals surface area contributed by atoms with E-state index in [1.165, 1.54) is 0 Å². The quantitative estimate of drug-likeness (QED) is 0.881. The lowest BCUT2D eigenvalue weighted by Gasteiger charge is -2.16. The first-order valence-corrected chi connectivity index (χ1v) is 5.98. The zero-order chi connectivity index (χ0) is 11.4. The third kappa shape index (κ3) is 2.33. The molecule has 0 radical (unpaired) electrons. The smallest absolute Gasteiger partial charge is 0.183 e. The fourth-order valence-electron chi connectivity index (χ4n) is 1.58. The Labute approximate surface area is 99.1 Å². The van der Waals surface area contributed by atoms with Crippen LogP contribution in [0.3, 0.4) is 0 Å². The van der Waals surface area contributed by atoms with Gasteiger partial charge in [-0.1, -0.05) is 18.2 Å². The van der Waals surface area contributed by atoms with E-state index < -0.39 is 0 Å². The molecule has 0 saturated carbocycles. The van der Waals surface area contributed by atoms with Crippen molar-refractivity contribution in [3.8, 4) is 5.75 Å². The molecule has 0 bridgehead atoms. The van der Waals surface area contributed by atoms with Gasteiger partial charge in [-0.25, -0.2) is 4.98 Å². The Kier molecular flexibility index (Phi) is 3.41. The Hall–Kier alpha value is -1.55. The normalized spacial score (nSPS) is 12.1. The number of benzene rings is 1. The lowest BCUT2D eigenvalue weighted by molar-refractivity contribution is 0.408. The van der Waals surface area contributed by atoms with Crippen LogP contribution in [-0.4, -0.2) is 12.1 Å². The zero-order valence-corrected chi connectivity index (χ0v) is 10.1. The average Bonchev–Trinajstić information content (AvgIpc) is 2.81. The van der Waals surface area contributed by atoms with E-state index in [4.69, 9.17) is 4.74 Å². The second-order valence-electron chi connectivity index (χ2n) is 3.45. The number of nitrogens with zero attached hydrogens (tertiary/aromatic N) is 1. The van der Waals surface area contributed by atoms with E-state index in [9.17, 15) is 0 Å². The minimum Gasteiger partial charge on any atom is -0.496 e. The molecule has 2 aromatic rings. The predicted octanol–water partition coefficient (Wildman–Crippen LogP) is 3.32. The first-order chi connectivity index (χ1) is 7.81. The third-order valence-corrected chi connectivity index (χ3v) is 3.08. The van der Waals surface area contributed by atoms with Gasteiger partial charge in [0, 0.05) is 17.1 Å². The number of hydrogen-bond acceptors (Lipinski definition) is 4. The molecule has 1 aromatic heterocycles. The molecule has 3 nitrogen and oxygen atoms in total. The molecule has 0 aliphatic rings. The van der Waals surface area contributed by atoms with Crippen molar-refractivity contribution in [2.24, 2.45) is 0 Å². The molecule has 0 aliphatic heterocycles. The zero-order valence-electron chi connectivity index (χ0n) is 9.31. The highest BCUT2D eigenvalue weighted by atomic mass is 32.1. The summed E-state index contributed by atoms with van der Waals surface area (Å²) in [5.74, 6) is 0.902. The highest BCUT2D eigenvalue weighted by molar-refractivity contribution is 7.13. The van der Waals surface area contributed by atoms with Crippen LogP contribution in [0, 0.1) is 0 Å². The van der Waals surface area contributed by atoms with Crippen LogP contribution in [0.2, 0.25) is 0 Å². The molecule has 1 atom stereocenters. The number of aromatic nitrogens is 1. The van der Waals surface area contributed by atoms with Crippen molar-refractivity contribution in [3.63, 3.8) is 0 Å². The minimum absolute atomic E-state index is 0.183. The molecule has 1 unspecified atom stereocenters. The first-order valence-electron chi connectivity index (χ1n) is 5.10. The van der Waals surface area contributed by atoms with E-state index in [2.05, 4.69) is 23.3 Å². The van der Waals surface area contributed by atoms with Crippen molar-refractivity contribution in [1.29, 1.82) is 0 Å². The predicted molar refractivity (Wildman–Crippen MR) is 67.1 cm³/mol. The molecule has 0 aliphatic carbocycles. The van der Waals surface area contributed by atoms with Gasteiger partial charge in [0.25, 0.3) is 0 Å². The number of ether oxygens (including phenoxy) is 1. The van der Waals surface area contributed by atoms with Crippen molar-refractivity contribution in [2.45, 2.75) is 13.0 Å². The van der Waals surface area contributed by atoms with Crippen molar-refractivity contribution >= 4 is 16.5 Å². The Bertz CT molecular complexity index is 442. The molecule has 2 rings (SSSR count). The number of para-hydroxylation sites is 1. The van der Waals surface area contributed by atoms with Crippen LogP contribution in [0.25, 0.3) is 0 Å². The van der Waals surface area contributed by atoms with Crippen molar-refractivity contribution in [2.75, 3.05) is 12.4 Å². The summed E-state index contributed by atoms with van der Waals surface area (Å²) in [7, 11) is 1.69. The van der Waals surface area contributed by atoms with Gasteiger partial charge in [0.1, 0.15) is 5.75 Å². The van der Waals surface area contributed by atoms with Crippen LogP contribution in [-0.2, 0) is 0 Å². The maximum Gasteiger partial charge on any atom is 0.183 e. The standard InChI is InChI=1S/C12H14N2OS/c1-9(14-12-13-7-8-16-12)10-5-3-4-6-11(10)15-2/h3-9H,1-2H3,(H,13,14). The maximum absolute atomic E-state index is 5.33. The van der Waals surface area contributed by atoms with Crippen LogP contribution in [0.4, 0.5) is 5.13 Å². The van der Waals surface area contributed by atoms with Gasteiger partial charge >= 0.3 is 0 Å². The fourth-order valence-corrected chi connectivity index (χ4v) is 2.20. The molecule has 0 fully saturated rings. The van der Waals surface area contributed by atoms with Gasteiger partial charge in [0.2, 0.25) is 0 Å². The largest absolute Gasteiger partial charge is 0.496 e. The van der Waals surface area contributed by atoms with Crippen molar-refractivity contribution < 1.29 is 4.74 Å². The Morgan fingerprint density at radius 1 is 1.38 bits per heavy atom. The lowest BCUT2D eigenvalue weighted by Crippen LogP contribution is -2.07. The minimum atomic E-state index is 0.183. The second kappa shape index (κ2) is 4.99. The van der Waals surface area contributed by atoms with Crippen LogP contribution in [0.5, 0.6) is 5.75 Å². The SMILES string of the molecule is COc1ccccc1C(C)Nc1nccs1. The van der Waals surface area contributed by atoms with Crippen LogP contribution < -0.4 is 10.1 Å². The Balaban J connectivity index is 2.17. The van der Waals surface area contributed by atoms with Crippen LogP contribution in [0.15, 0.2) is 35.8 Å². The molecule has 1 aromatic carbocycles. The van der Waals surface area contributed by atoms with Crippen molar-refractivity contribution in [1.82, 2.24) is 4.98 Å². The first kappa shape index (κ1) is 11.0. The monoisotopic (exact) mass is 234 g/mol. The summed E-state index contributed by atoms with van der Waals surface area (Å²) < 4.78 is 5.33. The molecule has 0 amide bonds. The van der Waals surface area contributed by atoms with E-state index in [0.29, 0.717) is 0 Å². The number of rotatable bonds is 4. The van der Waals surface area contributed by atoms with Gasteiger partial charge in [-0.15, -0.1) is 11.3 Å². The summed E-state index contributed by atoms with van der Waals surface area (Å²) in [5, 5.41) is 6.22. The summed E-state index contributed by atoms with van der Waals surface area (Å²) in [6, 6.07) is 8.19. The number of methoxy groups -OCH3 is 1. The molecule has 4 heteroatoms. The van der Waals surface area contributed by atoms with Gasteiger partial charge < -0.3 is 10.1 Å². The van der Waals surface area contributed by atoms with Crippen molar-refractivity contribution in [3.05, 3.63) is 41.4 Å². The molecule has 16 heavy (non-hydrogen) atoms. The summed E-state index contributed by atoms with van der Waals surface area (Å²) in [4.78, 5) is 4.20. The van der Waals surface area contributed by atoms with E-state index in [1.807, 2.05) is 23.6 Å². The summed E-state index contributed by atoms with van der Waals surface area (Å²) in [5.41, 5.74) is 1.14. The van der Waals surface area contributed by atoms with Crippen LogP contribution in [0.1, 0.15) is 18.5 Å². The maximum atomic E-state index is 5.33. The highest BCUT2D eigenvalue weighted by Crippen LogP contribution is 2.27. The van der Waals surface area contributed by atoms with Gasteiger partial charge in [0.15, 0.2) is 5.13 Å². The number of thiazole rings is 1. The number of hydrogen-bond donors (Lipinski definition) is 1. The molecule has 1 heterocycles. The number of anilines is 1. The van der Waals surface area contributed by atoms with Gasteiger partial charge in [-0.05, 0) is 13.0 Å². The topological polar surface area (TPSA) is 34.1 Å². The average molecular weight is 234 g/mol. The van der Waals surface area contributed by atoms with E-state index in [0.717, 1.165) is 16.4 Å². The molecule has 84 valence electrons. The summed E-state index contributed by atoms with van der Waals surface area (Å²) in [6.45, 7) is 2.10. The molecular formula is C12H14N2OS. The highest BCUT2D eigenvalue weighted by Gasteiger charge is 2.11.